The molecule has 0 aromatic rings. The molecular formula is C8H6F12O. The fourth-order valence-electron chi connectivity index (χ4n) is 0.891. The highest BCUT2D eigenvalue weighted by atomic mass is 19.4. The van der Waals surface area contributed by atoms with Crippen molar-refractivity contribution in [3.8, 4) is 0 Å². The molecule has 1 nitrogen and oxygen atoms in total. The van der Waals surface area contributed by atoms with Crippen LogP contribution in [0.4, 0.5) is 52.7 Å². The van der Waals surface area contributed by atoms with Crippen LogP contribution in [0.5, 0.6) is 0 Å². The van der Waals surface area contributed by atoms with Gasteiger partial charge in [-0.2, -0.15) is 43.9 Å². The summed E-state index contributed by atoms with van der Waals surface area (Å²) in [7, 11) is 0. The predicted molar refractivity (Wildman–Crippen MR) is 42.1 cm³/mol. The summed E-state index contributed by atoms with van der Waals surface area (Å²) in [5.74, 6) is -11.3. The number of rotatable bonds is 6. The maximum absolute atomic E-state index is 12.6. The van der Waals surface area contributed by atoms with Gasteiger partial charge in [-0.3, -0.25) is 0 Å². The molecule has 0 aliphatic carbocycles. The van der Waals surface area contributed by atoms with E-state index in [1.807, 2.05) is 0 Å². The van der Waals surface area contributed by atoms with Gasteiger partial charge in [-0.25, -0.2) is 8.78 Å². The Labute approximate surface area is 108 Å². The summed E-state index contributed by atoms with van der Waals surface area (Å²) in [6.45, 7) is 0. The average molecular weight is 346 g/mol. The van der Waals surface area contributed by atoms with Crippen LogP contribution in [0.15, 0.2) is 0 Å². The van der Waals surface area contributed by atoms with Gasteiger partial charge >= 0.3 is 24.2 Å². The molecule has 0 saturated heterocycles. The van der Waals surface area contributed by atoms with Crippen LogP contribution in [0.3, 0.4) is 0 Å². The number of alkyl halides is 12. The molecule has 0 spiro atoms. The minimum Gasteiger partial charge on any atom is -0.314 e. The van der Waals surface area contributed by atoms with Gasteiger partial charge in [0.2, 0.25) is 12.7 Å². The molecule has 21 heavy (non-hydrogen) atoms. The second-order valence-corrected chi connectivity index (χ2v) is 3.77. The van der Waals surface area contributed by atoms with E-state index < -0.39 is 49.8 Å². The molecule has 0 radical (unpaired) electrons. The molecule has 128 valence electrons. The Bertz CT molecular complexity index is 299. The highest BCUT2D eigenvalue weighted by molar-refractivity contribution is 4.79. The van der Waals surface area contributed by atoms with Crippen LogP contribution in [0.25, 0.3) is 0 Å². The van der Waals surface area contributed by atoms with Gasteiger partial charge in [-0.15, -0.1) is 0 Å². The van der Waals surface area contributed by atoms with E-state index in [2.05, 4.69) is 4.74 Å². The third-order valence-corrected chi connectivity index (χ3v) is 1.96. The third kappa shape index (κ3) is 5.79. The Morgan fingerprint density at radius 3 is 1.00 bits per heavy atom. The predicted octanol–water partition coefficient (Wildman–Crippen LogP) is 4.77. The SMILES string of the molecule is FC(CC(F)(F)C(F)(F)F)OC(F)CC(F)(F)C(F)(F)F. The largest absolute Gasteiger partial charge is 0.453 e. The van der Waals surface area contributed by atoms with Crippen LogP contribution in [0.2, 0.25) is 0 Å². The molecule has 0 aliphatic rings. The maximum Gasteiger partial charge on any atom is 0.453 e. The molecule has 0 rings (SSSR count). The zero-order chi connectivity index (χ0) is 17.3. The first-order chi connectivity index (χ1) is 8.99. The summed E-state index contributed by atoms with van der Waals surface area (Å²) >= 11 is 0. The molecule has 2 unspecified atom stereocenters. The van der Waals surface area contributed by atoms with E-state index in [1.54, 1.807) is 0 Å². The first kappa shape index (κ1) is 20.1. The summed E-state index contributed by atoms with van der Waals surface area (Å²) in [6, 6.07) is 0. The van der Waals surface area contributed by atoms with E-state index in [1.165, 1.54) is 0 Å². The van der Waals surface area contributed by atoms with Gasteiger partial charge in [-0.1, -0.05) is 0 Å². The molecule has 0 bridgehead atoms. The second-order valence-electron chi connectivity index (χ2n) is 3.77. The zero-order valence-corrected chi connectivity index (χ0v) is 9.51. The van der Waals surface area contributed by atoms with Gasteiger partial charge in [0.25, 0.3) is 0 Å². The molecular weight excluding hydrogens is 340 g/mol. The Morgan fingerprint density at radius 2 is 0.810 bits per heavy atom. The molecule has 0 fully saturated rings. The van der Waals surface area contributed by atoms with Gasteiger partial charge in [-0.05, 0) is 0 Å². The van der Waals surface area contributed by atoms with Crippen molar-refractivity contribution in [3.05, 3.63) is 0 Å². The van der Waals surface area contributed by atoms with Gasteiger partial charge in [0.15, 0.2) is 0 Å². The molecule has 0 N–H and O–H groups in total. The van der Waals surface area contributed by atoms with Gasteiger partial charge in [0.05, 0.1) is 12.8 Å². The Balaban J connectivity index is 4.58. The normalized spacial score (nSPS) is 17.7. The second kappa shape index (κ2) is 6.08. The number of halogens is 12. The average Bonchev–Trinajstić information content (AvgIpc) is 2.10. The van der Waals surface area contributed by atoms with Crippen molar-refractivity contribution in [1.29, 1.82) is 0 Å². The molecule has 0 aromatic carbocycles. The lowest BCUT2D eigenvalue weighted by atomic mass is 10.2. The fraction of sp³-hybridized carbons (Fsp3) is 1.00. The summed E-state index contributed by atoms with van der Waals surface area (Å²) in [5.41, 5.74) is 0. The molecule has 0 amide bonds. The van der Waals surface area contributed by atoms with Gasteiger partial charge in [0, 0.05) is 0 Å². The summed E-state index contributed by atoms with van der Waals surface area (Å²) in [6.07, 6.45) is -25.5. The van der Waals surface area contributed by atoms with Crippen molar-refractivity contribution in [3.63, 3.8) is 0 Å². The Kier molecular flexibility index (Phi) is 5.83. The topological polar surface area (TPSA) is 9.23 Å². The van der Waals surface area contributed by atoms with Gasteiger partial charge < -0.3 is 4.74 Å². The Morgan fingerprint density at radius 1 is 0.571 bits per heavy atom. The number of hydrogen-bond donors (Lipinski definition) is 0. The van der Waals surface area contributed by atoms with Crippen LogP contribution in [-0.4, -0.2) is 36.9 Å². The summed E-state index contributed by atoms with van der Waals surface area (Å²) in [4.78, 5) is 0. The lowest BCUT2D eigenvalue weighted by Crippen LogP contribution is -2.41. The summed E-state index contributed by atoms with van der Waals surface area (Å²) < 4.78 is 147. The monoisotopic (exact) mass is 346 g/mol. The lowest BCUT2D eigenvalue weighted by molar-refractivity contribution is -0.315. The van der Waals surface area contributed by atoms with Crippen molar-refractivity contribution in [1.82, 2.24) is 0 Å². The van der Waals surface area contributed by atoms with E-state index in [-0.39, 0.29) is 0 Å². The third-order valence-electron chi connectivity index (χ3n) is 1.96. The molecule has 0 aromatic heterocycles. The number of hydrogen-bond acceptors (Lipinski definition) is 1. The van der Waals surface area contributed by atoms with Crippen molar-refractivity contribution in [2.24, 2.45) is 0 Å². The van der Waals surface area contributed by atoms with E-state index in [0.29, 0.717) is 0 Å². The minimum atomic E-state index is -6.22. The smallest absolute Gasteiger partial charge is 0.314 e. The van der Waals surface area contributed by atoms with Crippen LogP contribution >= 0.6 is 0 Å². The van der Waals surface area contributed by atoms with E-state index in [9.17, 15) is 52.7 Å². The highest BCUT2D eigenvalue weighted by Crippen LogP contribution is 2.41. The molecule has 0 heterocycles. The highest BCUT2D eigenvalue weighted by Gasteiger charge is 2.60. The van der Waals surface area contributed by atoms with E-state index in [0.717, 1.165) is 0 Å². The molecule has 0 saturated carbocycles. The molecule has 13 heteroatoms. The first-order valence-corrected chi connectivity index (χ1v) is 4.82. The van der Waals surface area contributed by atoms with Crippen molar-refractivity contribution >= 4 is 0 Å². The number of ether oxygens (including phenoxy) is 1. The summed E-state index contributed by atoms with van der Waals surface area (Å²) in [5, 5.41) is 0. The quantitative estimate of drug-likeness (QED) is 0.630. The van der Waals surface area contributed by atoms with Crippen LogP contribution in [0, 0.1) is 0 Å². The van der Waals surface area contributed by atoms with Gasteiger partial charge in [0.1, 0.15) is 0 Å². The lowest BCUT2D eigenvalue weighted by Gasteiger charge is -2.24. The van der Waals surface area contributed by atoms with Crippen LogP contribution in [0.1, 0.15) is 12.8 Å². The van der Waals surface area contributed by atoms with Crippen molar-refractivity contribution in [2.75, 3.05) is 0 Å². The van der Waals surface area contributed by atoms with Crippen molar-refractivity contribution in [2.45, 2.75) is 49.8 Å². The van der Waals surface area contributed by atoms with Crippen LogP contribution < -0.4 is 0 Å². The maximum atomic E-state index is 12.6. The zero-order valence-electron chi connectivity index (χ0n) is 9.51. The van der Waals surface area contributed by atoms with E-state index in [4.69, 9.17) is 0 Å². The molecule has 2 atom stereocenters. The van der Waals surface area contributed by atoms with E-state index >= 15 is 0 Å². The fourth-order valence-corrected chi connectivity index (χ4v) is 0.891. The Hall–Kier alpha value is -0.880. The first-order valence-electron chi connectivity index (χ1n) is 4.82. The van der Waals surface area contributed by atoms with Crippen LogP contribution in [-0.2, 0) is 4.74 Å². The molecule has 0 aliphatic heterocycles. The minimum absolute atomic E-state index is 2.78. The standard InChI is InChI=1S/C8H6F12O/c9-3(1-5(11,12)7(15,16)17)21-4(10)2-6(13,14)8(18,19)20/h3-4H,1-2H2. The van der Waals surface area contributed by atoms with Crippen molar-refractivity contribution < 1.29 is 57.4 Å².